The number of benzene rings is 1. The lowest BCUT2D eigenvalue weighted by Crippen LogP contribution is -2.07. The van der Waals surface area contributed by atoms with Crippen molar-refractivity contribution >= 4 is 33.3 Å². The zero-order valence-electron chi connectivity index (χ0n) is 12.3. The van der Waals surface area contributed by atoms with Crippen LogP contribution in [0.5, 0.6) is 0 Å². The van der Waals surface area contributed by atoms with Gasteiger partial charge in [-0.15, -0.1) is 0 Å². The first-order valence-electron chi connectivity index (χ1n) is 7.22. The van der Waals surface area contributed by atoms with Crippen molar-refractivity contribution < 1.29 is 0 Å². The van der Waals surface area contributed by atoms with Crippen LogP contribution in [0.1, 0.15) is 32.4 Å². The number of aromatic nitrogens is 2. The van der Waals surface area contributed by atoms with Gasteiger partial charge in [0.15, 0.2) is 5.82 Å². The van der Waals surface area contributed by atoms with Gasteiger partial charge >= 0.3 is 0 Å². The first-order chi connectivity index (χ1) is 10.2. The maximum atomic E-state index is 5.94. The van der Waals surface area contributed by atoms with Crippen molar-refractivity contribution in [3.05, 3.63) is 39.5 Å². The van der Waals surface area contributed by atoms with Gasteiger partial charge < -0.3 is 5.32 Å². The molecule has 112 valence electrons. The topological polar surface area (TPSA) is 37.8 Å². The van der Waals surface area contributed by atoms with E-state index in [0.29, 0.717) is 5.02 Å². The van der Waals surface area contributed by atoms with Crippen LogP contribution >= 0.6 is 27.5 Å². The molecule has 0 bridgehead atoms. The van der Waals surface area contributed by atoms with E-state index in [0.717, 1.165) is 53.2 Å². The molecule has 2 rings (SSSR count). The molecule has 0 atom stereocenters. The Morgan fingerprint density at radius 3 is 2.43 bits per heavy atom. The van der Waals surface area contributed by atoms with E-state index >= 15 is 0 Å². The van der Waals surface area contributed by atoms with Crippen LogP contribution in [0.15, 0.2) is 28.7 Å². The summed E-state index contributed by atoms with van der Waals surface area (Å²) in [5.74, 6) is 1.59. The van der Waals surface area contributed by atoms with Gasteiger partial charge in [-0.2, -0.15) is 0 Å². The number of nitrogens with one attached hydrogen (secondary N) is 1. The molecule has 1 N–H and O–H groups in total. The number of aryl methyl sites for hydroxylation is 1. The van der Waals surface area contributed by atoms with Crippen molar-refractivity contribution in [3.63, 3.8) is 0 Å². The monoisotopic (exact) mass is 367 g/mol. The second kappa shape index (κ2) is 7.76. The summed E-state index contributed by atoms with van der Waals surface area (Å²) in [6.45, 7) is 5.17. The Labute approximate surface area is 139 Å². The summed E-state index contributed by atoms with van der Waals surface area (Å²) >= 11 is 9.57. The molecule has 1 heterocycles. The van der Waals surface area contributed by atoms with Crippen LogP contribution in [0, 0.1) is 0 Å². The number of halogens is 2. The Hall–Kier alpha value is -1.13. The standard InChI is InChI=1S/C16H19BrClN3/c1-3-5-13-14(17)16(19-10-4-2)21-15(20-13)11-6-8-12(18)9-7-11/h6-9H,3-5,10H2,1-2H3,(H,19,20,21). The highest BCUT2D eigenvalue weighted by Crippen LogP contribution is 2.28. The molecule has 0 spiro atoms. The van der Waals surface area contributed by atoms with Gasteiger partial charge in [0.25, 0.3) is 0 Å². The largest absolute Gasteiger partial charge is 0.369 e. The highest BCUT2D eigenvalue weighted by molar-refractivity contribution is 9.10. The molecule has 0 aliphatic heterocycles. The van der Waals surface area contributed by atoms with Gasteiger partial charge in [0.2, 0.25) is 0 Å². The van der Waals surface area contributed by atoms with E-state index in [1.807, 2.05) is 24.3 Å². The van der Waals surface area contributed by atoms with Crippen molar-refractivity contribution in [2.45, 2.75) is 33.1 Å². The molecular formula is C16H19BrClN3. The molecule has 0 saturated heterocycles. The normalized spacial score (nSPS) is 10.7. The predicted molar refractivity (Wildman–Crippen MR) is 93.0 cm³/mol. The summed E-state index contributed by atoms with van der Waals surface area (Å²) < 4.78 is 0.968. The zero-order chi connectivity index (χ0) is 15.2. The van der Waals surface area contributed by atoms with Crippen molar-refractivity contribution in [1.29, 1.82) is 0 Å². The van der Waals surface area contributed by atoms with Crippen molar-refractivity contribution in [1.82, 2.24) is 9.97 Å². The molecule has 0 radical (unpaired) electrons. The van der Waals surface area contributed by atoms with Gasteiger partial charge in [0, 0.05) is 17.1 Å². The number of hydrogen-bond acceptors (Lipinski definition) is 3. The van der Waals surface area contributed by atoms with E-state index in [1.165, 1.54) is 0 Å². The Morgan fingerprint density at radius 1 is 1.10 bits per heavy atom. The van der Waals surface area contributed by atoms with E-state index in [1.54, 1.807) is 0 Å². The lowest BCUT2D eigenvalue weighted by atomic mass is 10.2. The van der Waals surface area contributed by atoms with Crippen LogP contribution < -0.4 is 5.32 Å². The lowest BCUT2D eigenvalue weighted by molar-refractivity contribution is 0.865. The molecule has 5 heteroatoms. The minimum Gasteiger partial charge on any atom is -0.369 e. The van der Waals surface area contributed by atoms with Crippen LogP contribution in [0.4, 0.5) is 5.82 Å². The van der Waals surface area contributed by atoms with Crippen LogP contribution in [0.3, 0.4) is 0 Å². The third kappa shape index (κ3) is 4.17. The average molecular weight is 369 g/mol. The SMILES string of the molecule is CCCNc1nc(-c2ccc(Cl)cc2)nc(CCC)c1Br. The van der Waals surface area contributed by atoms with Crippen molar-refractivity contribution in [3.8, 4) is 11.4 Å². The van der Waals surface area contributed by atoms with E-state index in [-0.39, 0.29) is 0 Å². The van der Waals surface area contributed by atoms with Crippen LogP contribution in [0.25, 0.3) is 11.4 Å². The Balaban J connectivity index is 2.44. The van der Waals surface area contributed by atoms with Gasteiger partial charge in [-0.25, -0.2) is 9.97 Å². The van der Waals surface area contributed by atoms with Crippen LogP contribution in [-0.2, 0) is 6.42 Å². The smallest absolute Gasteiger partial charge is 0.161 e. The number of nitrogens with zero attached hydrogens (tertiary/aromatic N) is 2. The fraction of sp³-hybridized carbons (Fsp3) is 0.375. The number of hydrogen-bond donors (Lipinski definition) is 1. The quantitative estimate of drug-likeness (QED) is 0.748. The fourth-order valence-corrected chi connectivity index (χ4v) is 2.63. The van der Waals surface area contributed by atoms with Gasteiger partial charge in [-0.05, 0) is 53.0 Å². The molecule has 0 fully saturated rings. The molecule has 3 nitrogen and oxygen atoms in total. The molecule has 0 aliphatic carbocycles. The molecular weight excluding hydrogens is 350 g/mol. The summed E-state index contributed by atoms with van der Waals surface area (Å²) in [7, 11) is 0. The third-order valence-corrected chi connectivity index (χ3v) is 4.14. The molecule has 0 saturated carbocycles. The molecule has 0 aliphatic rings. The Morgan fingerprint density at radius 2 is 1.81 bits per heavy atom. The fourth-order valence-electron chi connectivity index (χ4n) is 1.98. The Kier molecular flexibility index (Phi) is 6.00. The summed E-state index contributed by atoms with van der Waals surface area (Å²) in [5.41, 5.74) is 2.01. The summed E-state index contributed by atoms with van der Waals surface area (Å²) in [4.78, 5) is 9.33. The second-order valence-corrected chi connectivity index (χ2v) is 6.07. The van der Waals surface area contributed by atoms with Crippen molar-refractivity contribution in [2.75, 3.05) is 11.9 Å². The predicted octanol–water partition coefficient (Wildman–Crippen LogP) is 5.33. The van der Waals surface area contributed by atoms with Crippen LogP contribution in [0.2, 0.25) is 5.02 Å². The first-order valence-corrected chi connectivity index (χ1v) is 8.39. The average Bonchev–Trinajstić information content (AvgIpc) is 2.49. The molecule has 1 aromatic heterocycles. The highest BCUT2D eigenvalue weighted by Gasteiger charge is 2.12. The summed E-state index contributed by atoms with van der Waals surface area (Å²) in [6, 6.07) is 7.62. The molecule has 0 unspecified atom stereocenters. The Bertz CT molecular complexity index is 599. The zero-order valence-corrected chi connectivity index (χ0v) is 14.6. The minimum atomic E-state index is 0.717. The maximum Gasteiger partial charge on any atom is 0.161 e. The maximum absolute atomic E-state index is 5.94. The molecule has 2 aromatic rings. The van der Waals surface area contributed by atoms with Gasteiger partial charge in [-0.1, -0.05) is 31.9 Å². The van der Waals surface area contributed by atoms with E-state index in [4.69, 9.17) is 11.6 Å². The van der Waals surface area contributed by atoms with Gasteiger partial charge in [0.05, 0.1) is 10.2 Å². The van der Waals surface area contributed by atoms with Gasteiger partial charge in [-0.3, -0.25) is 0 Å². The van der Waals surface area contributed by atoms with Gasteiger partial charge in [0.1, 0.15) is 5.82 Å². The lowest BCUT2D eigenvalue weighted by Gasteiger charge is -2.12. The minimum absolute atomic E-state index is 0.717. The highest BCUT2D eigenvalue weighted by atomic mass is 79.9. The second-order valence-electron chi connectivity index (χ2n) is 4.84. The number of rotatable bonds is 6. The van der Waals surface area contributed by atoms with E-state index < -0.39 is 0 Å². The summed E-state index contributed by atoms with van der Waals surface area (Å²) in [6.07, 6.45) is 3.02. The van der Waals surface area contributed by atoms with Crippen molar-refractivity contribution in [2.24, 2.45) is 0 Å². The summed E-state index contributed by atoms with van der Waals surface area (Å²) in [5, 5.41) is 4.08. The molecule has 21 heavy (non-hydrogen) atoms. The van der Waals surface area contributed by atoms with E-state index in [2.05, 4.69) is 45.1 Å². The first kappa shape index (κ1) is 16.2. The molecule has 0 amide bonds. The molecule has 1 aromatic carbocycles. The third-order valence-electron chi connectivity index (χ3n) is 3.05. The van der Waals surface area contributed by atoms with Crippen LogP contribution in [-0.4, -0.2) is 16.5 Å². The van der Waals surface area contributed by atoms with E-state index in [9.17, 15) is 0 Å². The number of anilines is 1.